The van der Waals surface area contributed by atoms with E-state index in [1.54, 1.807) is 48.8 Å². The summed E-state index contributed by atoms with van der Waals surface area (Å²) >= 11 is 0. The quantitative estimate of drug-likeness (QED) is 0.157. The number of alkyl halides is 2. The summed E-state index contributed by atoms with van der Waals surface area (Å²) in [6.07, 6.45) is 5.07. The highest BCUT2D eigenvalue weighted by molar-refractivity contribution is 5.99. The van der Waals surface area contributed by atoms with Crippen LogP contribution in [0.15, 0.2) is 48.9 Å². The van der Waals surface area contributed by atoms with Gasteiger partial charge in [0.15, 0.2) is 23.0 Å². The van der Waals surface area contributed by atoms with Gasteiger partial charge in [0.1, 0.15) is 11.6 Å². The van der Waals surface area contributed by atoms with E-state index in [0.29, 0.717) is 49.2 Å². The smallest absolute Gasteiger partial charge is 0.410 e. The number of nitrogens with one attached hydrogen (secondary N) is 1. The fourth-order valence-electron chi connectivity index (χ4n) is 7.04. The van der Waals surface area contributed by atoms with Gasteiger partial charge in [0, 0.05) is 61.3 Å². The minimum Gasteiger partial charge on any atom is -0.467 e. The molecule has 14 nitrogen and oxygen atoms in total. The number of hydrogen-bond acceptors (Lipinski definition) is 10. The summed E-state index contributed by atoms with van der Waals surface area (Å²) in [5, 5.41) is 3.16. The second-order valence-electron chi connectivity index (χ2n) is 14.6. The zero-order valence-electron chi connectivity index (χ0n) is 32.1. The van der Waals surface area contributed by atoms with Crippen molar-refractivity contribution >= 4 is 41.0 Å². The van der Waals surface area contributed by atoms with Crippen molar-refractivity contribution in [3.05, 3.63) is 71.7 Å². The Morgan fingerprint density at radius 2 is 1.70 bits per heavy atom. The number of ether oxygens (including phenoxy) is 3. The fourth-order valence-corrected chi connectivity index (χ4v) is 7.04. The summed E-state index contributed by atoms with van der Waals surface area (Å²) in [7, 11) is 1.23. The van der Waals surface area contributed by atoms with E-state index in [4.69, 9.17) is 9.47 Å². The van der Waals surface area contributed by atoms with Gasteiger partial charge in [-0.3, -0.25) is 14.0 Å². The highest BCUT2D eigenvalue weighted by Gasteiger charge is 2.41. The van der Waals surface area contributed by atoms with Crippen molar-refractivity contribution < 1.29 is 51.0 Å². The summed E-state index contributed by atoms with van der Waals surface area (Å²) in [4.78, 5) is 66.6. The van der Waals surface area contributed by atoms with E-state index >= 15 is 4.39 Å². The Morgan fingerprint density at radius 3 is 2.37 bits per heavy atom. The predicted molar refractivity (Wildman–Crippen MR) is 198 cm³/mol. The van der Waals surface area contributed by atoms with Gasteiger partial charge in [-0.1, -0.05) is 6.92 Å². The van der Waals surface area contributed by atoms with Crippen LogP contribution in [0.3, 0.4) is 0 Å². The van der Waals surface area contributed by atoms with Crippen molar-refractivity contribution in [1.29, 1.82) is 0 Å². The number of hydrogen-bond donors (Lipinski definition) is 1. The molecule has 2 aliphatic rings. The maximum atomic E-state index is 15.0. The fraction of sp³-hybridized carbons (Fsp3) is 0.436. The first-order chi connectivity index (χ1) is 27.1. The van der Waals surface area contributed by atoms with Gasteiger partial charge in [-0.05, 0) is 75.9 Å². The number of carbonyl (C=O) groups is 4. The van der Waals surface area contributed by atoms with Crippen LogP contribution in [0.5, 0.6) is 5.75 Å². The second-order valence-corrected chi connectivity index (χ2v) is 14.6. The van der Waals surface area contributed by atoms with Crippen molar-refractivity contribution in [2.75, 3.05) is 45.2 Å². The molecule has 0 bridgehead atoms. The number of carbonyl (C=O) groups excluding carboxylic acids is 4. The third-order valence-electron chi connectivity index (χ3n) is 9.87. The molecule has 1 N–H and O–H groups in total. The molecule has 2 saturated heterocycles. The maximum Gasteiger partial charge on any atom is 0.410 e. The second kappa shape index (κ2) is 16.7. The number of piperazine rings is 1. The number of halogens is 4. The van der Waals surface area contributed by atoms with Crippen LogP contribution in [0.25, 0.3) is 16.9 Å². The van der Waals surface area contributed by atoms with E-state index in [-0.39, 0.29) is 54.2 Å². The Morgan fingerprint density at radius 1 is 0.965 bits per heavy atom. The molecule has 0 spiro atoms. The molecule has 6 rings (SSSR count). The molecule has 2 fully saturated rings. The first-order valence-corrected chi connectivity index (χ1v) is 18.4. The normalized spacial score (nSPS) is 16.5. The average molecular weight is 798 g/mol. The zero-order valence-corrected chi connectivity index (χ0v) is 32.1. The van der Waals surface area contributed by atoms with Crippen LogP contribution < -0.4 is 10.1 Å². The van der Waals surface area contributed by atoms with E-state index < -0.39 is 53.6 Å². The highest BCUT2D eigenvalue weighted by Crippen LogP contribution is 2.33. The number of likely N-dealkylation sites (tertiary alicyclic amines) is 1. The molecule has 0 aliphatic carbocycles. The maximum absolute atomic E-state index is 15.0. The number of imidazole rings is 1. The van der Waals surface area contributed by atoms with E-state index in [1.807, 2.05) is 6.92 Å². The van der Waals surface area contributed by atoms with E-state index in [1.165, 1.54) is 35.0 Å². The van der Waals surface area contributed by atoms with Crippen LogP contribution >= 0.6 is 0 Å². The third kappa shape index (κ3) is 8.73. The van der Waals surface area contributed by atoms with Crippen LogP contribution in [0, 0.1) is 17.6 Å². The number of esters is 1. The molecule has 3 amide bonds. The standard InChI is InChI=1S/C39H43F4N7O7/c1-6-22-19-24(46-32-33-45-20-27(49(33)16-13-44-32)26-9-10-29(56-37(42)43)31(41)30(26)40)7-8-25(22)35(52)50-18-17-48(21-28(50)36(53)55-5)34(51)23-11-14-47(15-12-23)38(54)57-39(2,3)4/h7-10,13,16,19-20,23,28,37H,6,11-12,14-15,17-18,21H2,1-5H3,(H,44,46). The topological polar surface area (TPSA) is 148 Å². The lowest BCUT2D eigenvalue weighted by molar-refractivity contribution is -0.151. The van der Waals surface area contributed by atoms with Crippen molar-refractivity contribution in [2.45, 2.75) is 65.2 Å². The van der Waals surface area contributed by atoms with Gasteiger partial charge >= 0.3 is 18.7 Å². The highest BCUT2D eigenvalue weighted by atomic mass is 19.3. The van der Waals surface area contributed by atoms with Gasteiger partial charge in [0.05, 0.1) is 25.5 Å². The molecule has 18 heteroatoms. The average Bonchev–Trinajstić information content (AvgIpc) is 3.62. The Balaban J connectivity index is 1.16. The summed E-state index contributed by atoms with van der Waals surface area (Å²) in [6, 6.07) is 5.98. The Hall–Kier alpha value is -5.94. The minimum atomic E-state index is -3.33. The summed E-state index contributed by atoms with van der Waals surface area (Å²) in [6.45, 7) is 4.88. The molecule has 304 valence electrons. The van der Waals surface area contributed by atoms with E-state index in [9.17, 15) is 32.3 Å². The Labute approximate surface area is 325 Å². The molecule has 2 aromatic carbocycles. The predicted octanol–water partition coefficient (Wildman–Crippen LogP) is 6.06. The van der Waals surface area contributed by atoms with Crippen LogP contribution in [-0.2, 0) is 25.5 Å². The molecule has 2 aliphatic heterocycles. The number of fused-ring (bicyclic) bond motifs is 1. The first kappa shape index (κ1) is 40.7. The number of amides is 3. The number of methoxy groups -OCH3 is 1. The summed E-state index contributed by atoms with van der Waals surface area (Å²) < 4.78 is 70.9. The molecule has 4 aromatic rings. The SMILES string of the molecule is CCc1cc(Nc2nccn3c(-c4ccc(OC(F)F)c(F)c4F)cnc23)ccc1C(=O)N1CCN(C(=O)C2CCN(C(=O)OC(C)(C)C)CC2)CC1C(=O)OC. The molecule has 2 aromatic heterocycles. The lowest BCUT2D eigenvalue weighted by Crippen LogP contribution is -2.60. The number of nitrogens with zero attached hydrogens (tertiary/aromatic N) is 6. The van der Waals surface area contributed by atoms with Crippen molar-refractivity contribution in [3.63, 3.8) is 0 Å². The molecule has 0 radical (unpaired) electrons. The zero-order chi connectivity index (χ0) is 41.2. The molecule has 1 atom stereocenters. The van der Waals surface area contributed by atoms with Gasteiger partial charge in [-0.15, -0.1) is 0 Å². The van der Waals surface area contributed by atoms with Crippen molar-refractivity contribution in [3.8, 4) is 17.0 Å². The van der Waals surface area contributed by atoms with Gasteiger partial charge < -0.3 is 34.2 Å². The van der Waals surface area contributed by atoms with Crippen LogP contribution in [-0.4, -0.2) is 111 Å². The van der Waals surface area contributed by atoms with Gasteiger partial charge in [0.25, 0.3) is 5.91 Å². The lowest BCUT2D eigenvalue weighted by Gasteiger charge is -2.42. The van der Waals surface area contributed by atoms with Crippen LogP contribution in [0.1, 0.15) is 56.5 Å². The summed E-state index contributed by atoms with van der Waals surface area (Å²) in [5.41, 5.74) is 0.991. The molecular formula is C39H43F4N7O7. The van der Waals surface area contributed by atoms with E-state index in [2.05, 4.69) is 20.0 Å². The van der Waals surface area contributed by atoms with Crippen LogP contribution in [0.2, 0.25) is 0 Å². The largest absolute Gasteiger partial charge is 0.467 e. The number of anilines is 2. The van der Waals surface area contributed by atoms with Crippen molar-refractivity contribution in [1.82, 2.24) is 29.1 Å². The van der Waals surface area contributed by atoms with Crippen molar-refractivity contribution in [2.24, 2.45) is 5.92 Å². The number of rotatable bonds is 9. The number of aryl methyl sites for hydroxylation is 1. The lowest BCUT2D eigenvalue weighted by atomic mass is 9.94. The van der Waals surface area contributed by atoms with Crippen LogP contribution in [0.4, 0.5) is 33.9 Å². The Bertz CT molecular complexity index is 2170. The minimum absolute atomic E-state index is 0.0449. The molecular weight excluding hydrogens is 754 g/mol. The first-order valence-electron chi connectivity index (χ1n) is 18.4. The Kier molecular flexibility index (Phi) is 11.9. The van der Waals surface area contributed by atoms with Gasteiger partial charge in [0.2, 0.25) is 11.7 Å². The molecule has 57 heavy (non-hydrogen) atoms. The van der Waals surface area contributed by atoms with Gasteiger partial charge in [-0.2, -0.15) is 13.2 Å². The monoisotopic (exact) mass is 797 g/mol. The molecule has 4 heterocycles. The summed E-state index contributed by atoms with van der Waals surface area (Å²) in [5.74, 6) is -5.22. The third-order valence-corrected chi connectivity index (χ3v) is 9.87. The molecule has 1 unspecified atom stereocenters. The number of piperidine rings is 1. The number of benzene rings is 2. The molecule has 0 saturated carbocycles. The number of aromatic nitrogens is 3. The van der Waals surface area contributed by atoms with E-state index in [0.717, 1.165) is 12.1 Å². The van der Waals surface area contributed by atoms with Gasteiger partial charge in [-0.25, -0.2) is 23.9 Å².